The van der Waals surface area contributed by atoms with E-state index in [1.54, 1.807) is 24.3 Å². The van der Waals surface area contributed by atoms with Crippen LogP contribution in [-0.4, -0.2) is 8.42 Å². The Bertz CT molecular complexity index is 704. The van der Waals surface area contributed by atoms with Gasteiger partial charge < -0.3 is 0 Å². The van der Waals surface area contributed by atoms with Crippen molar-refractivity contribution in [1.82, 2.24) is 0 Å². The van der Waals surface area contributed by atoms with Crippen molar-refractivity contribution in [2.75, 3.05) is 4.72 Å². The number of hydrogen-bond acceptors (Lipinski definition) is 2. The molecule has 0 atom stereocenters. The molecule has 0 radical (unpaired) electrons. The molecule has 0 unspecified atom stereocenters. The van der Waals surface area contributed by atoms with Crippen LogP contribution in [-0.2, 0) is 10.0 Å². The summed E-state index contributed by atoms with van der Waals surface area (Å²) in [5, 5.41) is -0.231. The molecule has 0 aromatic heterocycles. The Balaban J connectivity index is 2.32. The largest absolute Gasteiger partial charge is 0.280 e. The minimum Gasteiger partial charge on any atom is -0.280 e. The van der Waals surface area contributed by atoms with Crippen molar-refractivity contribution in [3.8, 4) is 0 Å². The molecular weight excluding hydrogens is 404 g/mol. The molecule has 0 amide bonds. The Morgan fingerprint density at radius 2 is 1.74 bits per heavy atom. The van der Waals surface area contributed by atoms with Gasteiger partial charge in [-0.3, -0.25) is 4.72 Å². The zero-order valence-electron chi connectivity index (χ0n) is 9.40. The molecule has 0 aliphatic rings. The first kappa shape index (κ1) is 14.5. The number of rotatable bonds is 3. The van der Waals surface area contributed by atoms with Crippen LogP contribution >= 0.6 is 34.2 Å². The lowest BCUT2D eigenvalue weighted by atomic mass is 10.3. The van der Waals surface area contributed by atoms with E-state index in [9.17, 15) is 12.8 Å². The third-order valence-corrected chi connectivity index (χ3v) is 4.69. The molecule has 7 heteroatoms. The summed E-state index contributed by atoms with van der Waals surface area (Å²) in [5.74, 6) is -0.658. The molecule has 2 aromatic rings. The smallest absolute Gasteiger partial charge is 0.261 e. The molecule has 0 heterocycles. The second kappa shape index (κ2) is 5.64. The van der Waals surface area contributed by atoms with Crippen molar-refractivity contribution in [3.05, 3.63) is 56.9 Å². The van der Waals surface area contributed by atoms with Gasteiger partial charge in [-0.25, -0.2) is 12.8 Å². The normalized spacial score (nSPS) is 11.3. The minimum absolute atomic E-state index is 0.0857. The average Bonchev–Trinajstić information content (AvgIpc) is 2.35. The van der Waals surface area contributed by atoms with Crippen molar-refractivity contribution in [2.45, 2.75) is 4.90 Å². The fourth-order valence-electron chi connectivity index (χ4n) is 1.38. The van der Waals surface area contributed by atoms with Crippen LogP contribution in [0, 0.1) is 9.39 Å². The van der Waals surface area contributed by atoms with Gasteiger partial charge in [-0.05, 0) is 65.1 Å². The Morgan fingerprint density at radius 3 is 2.32 bits per heavy atom. The molecule has 0 saturated carbocycles. The van der Waals surface area contributed by atoms with Gasteiger partial charge >= 0.3 is 0 Å². The van der Waals surface area contributed by atoms with Crippen LogP contribution in [0.4, 0.5) is 10.1 Å². The maximum atomic E-state index is 13.0. The molecule has 2 aromatic carbocycles. The molecular formula is C12H8ClFINO2S. The van der Waals surface area contributed by atoms with Gasteiger partial charge in [0.15, 0.2) is 0 Å². The molecule has 19 heavy (non-hydrogen) atoms. The van der Waals surface area contributed by atoms with Gasteiger partial charge in [0.2, 0.25) is 0 Å². The fourth-order valence-corrected chi connectivity index (χ4v) is 3.07. The van der Waals surface area contributed by atoms with Gasteiger partial charge in [-0.2, -0.15) is 0 Å². The minimum atomic E-state index is -3.77. The monoisotopic (exact) mass is 411 g/mol. The van der Waals surface area contributed by atoms with Crippen molar-refractivity contribution in [2.24, 2.45) is 0 Å². The van der Waals surface area contributed by atoms with Crippen LogP contribution in [0.1, 0.15) is 0 Å². The van der Waals surface area contributed by atoms with Crippen molar-refractivity contribution >= 4 is 49.9 Å². The fraction of sp³-hybridized carbons (Fsp3) is 0. The van der Waals surface area contributed by atoms with Gasteiger partial charge in [-0.1, -0.05) is 11.6 Å². The lowest BCUT2D eigenvalue weighted by Gasteiger charge is -2.08. The Kier molecular flexibility index (Phi) is 4.32. The first-order valence-corrected chi connectivity index (χ1v) is 8.06. The molecule has 0 spiro atoms. The van der Waals surface area contributed by atoms with E-state index in [-0.39, 0.29) is 9.92 Å². The predicted octanol–water partition coefficient (Wildman–Crippen LogP) is 3.88. The maximum absolute atomic E-state index is 13.0. The Hall–Kier alpha value is -0.860. The highest BCUT2D eigenvalue weighted by Gasteiger charge is 2.15. The summed E-state index contributed by atoms with van der Waals surface area (Å²) < 4.78 is 40.5. The molecule has 0 saturated heterocycles. The van der Waals surface area contributed by atoms with E-state index in [1.165, 1.54) is 0 Å². The van der Waals surface area contributed by atoms with E-state index in [0.717, 1.165) is 21.8 Å². The summed E-state index contributed by atoms with van der Waals surface area (Å²) in [7, 11) is -3.77. The summed E-state index contributed by atoms with van der Waals surface area (Å²) in [6.45, 7) is 0. The predicted molar refractivity (Wildman–Crippen MR) is 81.4 cm³/mol. The highest BCUT2D eigenvalue weighted by molar-refractivity contribution is 14.1. The summed E-state index contributed by atoms with van der Waals surface area (Å²) in [6.07, 6.45) is 0. The zero-order valence-corrected chi connectivity index (χ0v) is 13.1. The third-order valence-electron chi connectivity index (χ3n) is 2.30. The number of anilines is 1. The van der Waals surface area contributed by atoms with Crippen LogP contribution in [0.15, 0.2) is 47.4 Å². The van der Waals surface area contributed by atoms with Crippen LogP contribution in [0.2, 0.25) is 5.02 Å². The quantitative estimate of drug-likeness (QED) is 0.779. The topological polar surface area (TPSA) is 46.2 Å². The van der Waals surface area contributed by atoms with Crippen LogP contribution in [0.3, 0.4) is 0 Å². The summed E-state index contributed by atoms with van der Waals surface area (Å²) >= 11 is 7.69. The number of benzene rings is 2. The molecule has 0 aliphatic heterocycles. The number of sulfonamides is 1. The van der Waals surface area contributed by atoms with Crippen LogP contribution < -0.4 is 4.72 Å². The maximum Gasteiger partial charge on any atom is 0.261 e. The first-order valence-electron chi connectivity index (χ1n) is 5.12. The Morgan fingerprint density at radius 1 is 1.11 bits per heavy atom. The molecule has 100 valence electrons. The average molecular weight is 412 g/mol. The van der Waals surface area contributed by atoms with E-state index in [2.05, 4.69) is 27.3 Å². The second-order valence-electron chi connectivity index (χ2n) is 3.69. The highest BCUT2D eigenvalue weighted by atomic mass is 127. The lowest BCUT2D eigenvalue weighted by Crippen LogP contribution is -2.13. The van der Waals surface area contributed by atoms with E-state index in [1.807, 2.05) is 0 Å². The summed E-state index contributed by atoms with van der Waals surface area (Å²) in [4.78, 5) is -0.0857. The molecule has 2 rings (SSSR count). The summed E-state index contributed by atoms with van der Waals surface area (Å²) in [6, 6.07) is 10.1. The number of nitrogens with one attached hydrogen (secondary N) is 1. The molecule has 0 fully saturated rings. The zero-order chi connectivity index (χ0) is 14.0. The first-order chi connectivity index (χ1) is 8.88. The van der Waals surface area contributed by atoms with Gasteiger partial charge in [0, 0.05) is 9.26 Å². The van der Waals surface area contributed by atoms with Crippen molar-refractivity contribution < 1.29 is 12.8 Å². The van der Waals surface area contributed by atoms with Crippen LogP contribution in [0.25, 0.3) is 0 Å². The van der Waals surface area contributed by atoms with Gasteiger partial charge in [0.25, 0.3) is 10.0 Å². The SMILES string of the molecule is O=S(=O)(Nc1ccc(I)cc1)c1ccc(F)c(Cl)c1. The third kappa shape index (κ3) is 3.58. The van der Waals surface area contributed by atoms with E-state index < -0.39 is 15.8 Å². The van der Waals surface area contributed by atoms with E-state index in [0.29, 0.717) is 5.69 Å². The Labute approximate surface area is 129 Å². The van der Waals surface area contributed by atoms with E-state index >= 15 is 0 Å². The number of halogens is 3. The summed E-state index contributed by atoms with van der Waals surface area (Å²) in [5.41, 5.74) is 0.431. The highest BCUT2D eigenvalue weighted by Crippen LogP contribution is 2.22. The lowest BCUT2D eigenvalue weighted by molar-refractivity contribution is 0.599. The van der Waals surface area contributed by atoms with Gasteiger partial charge in [0.1, 0.15) is 5.82 Å². The number of hydrogen-bond donors (Lipinski definition) is 1. The van der Waals surface area contributed by atoms with Gasteiger partial charge in [-0.15, -0.1) is 0 Å². The van der Waals surface area contributed by atoms with E-state index in [4.69, 9.17) is 11.6 Å². The van der Waals surface area contributed by atoms with Crippen molar-refractivity contribution in [1.29, 1.82) is 0 Å². The van der Waals surface area contributed by atoms with Crippen molar-refractivity contribution in [3.63, 3.8) is 0 Å². The molecule has 0 aliphatic carbocycles. The van der Waals surface area contributed by atoms with Crippen LogP contribution in [0.5, 0.6) is 0 Å². The molecule has 1 N–H and O–H groups in total. The molecule has 0 bridgehead atoms. The standard InChI is InChI=1S/C12H8ClFINO2S/c13-11-7-10(5-6-12(11)14)19(17,18)16-9-3-1-8(15)2-4-9/h1-7,16H. The molecule has 3 nitrogen and oxygen atoms in total. The van der Waals surface area contributed by atoms with Gasteiger partial charge in [0.05, 0.1) is 9.92 Å². The second-order valence-corrected chi connectivity index (χ2v) is 7.02.